The van der Waals surface area contributed by atoms with Crippen LogP contribution in [0.25, 0.3) is 0 Å². The summed E-state index contributed by atoms with van der Waals surface area (Å²) >= 11 is 0. The molecule has 0 heterocycles. The zero-order valence-electron chi connectivity index (χ0n) is 5.36. The summed E-state index contributed by atoms with van der Waals surface area (Å²) in [5.41, 5.74) is 0. The Kier molecular flexibility index (Phi) is 1.90. The standard InChI is InChI=1S/C6H9F3O/c7-6(8,9)4-1-2-5(10)3-4/h4-5,10H,1-3H2/t4-,5-/m1/s1. The minimum Gasteiger partial charge on any atom is -0.393 e. The Balaban J connectivity index is 2.45. The smallest absolute Gasteiger partial charge is 0.391 e. The third kappa shape index (κ3) is 1.62. The van der Waals surface area contributed by atoms with E-state index in [1.165, 1.54) is 0 Å². The number of rotatable bonds is 0. The van der Waals surface area contributed by atoms with Gasteiger partial charge in [-0.05, 0) is 19.3 Å². The maximum absolute atomic E-state index is 11.8. The maximum atomic E-state index is 11.8. The molecule has 1 aliphatic rings. The molecule has 2 atom stereocenters. The molecule has 4 heteroatoms. The normalized spacial score (nSPS) is 34.8. The van der Waals surface area contributed by atoms with E-state index in [2.05, 4.69) is 0 Å². The van der Waals surface area contributed by atoms with Gasteiger partial charge in [0.25, 0.3) is 0 Å². The van der Waals surface area contributed by atoms with Crippen molar-refractivity contribution in [3.05, 3.63) is 0 Å². The zero-order chi connectivity index (χ0) is 7.78. The molecule has 0 aromatic carbocycles. The summed E-state index contributed by atoms with van der Waals surface area (Å²) < 4.78 is 35.5. The molecule has 0 aromatic heterocycles. The van der Waals surface area contributed by atoms with E-state index in [0.29, 0.717) is 6.42 Å². The first-order chi connectivity index (χ1) is 4.50. The highest BCUT2D eigenvalue weighted by molar-refractivity contribution is 4.79. The van der Waals surface area contributed by atoms with Crippen molar-refractivity contribution >= 4 is 0 Å². The van der Waals surface area contributed by atoms with E-state index in [1.54, 1.807) is 0 Å². The van der Waals surface area contributed by atoms with E-state index in [-0.39, 0.29) is 12.8 Å². The van der Waals surface area contributed by atoms with E-state index in [0.717, 1.165) is 0 Å². The monoisotopic (exact) mass is 154 g/mol. The van der Waals surface area contributed by atoms with Gasteiger partial charge in [-0.1, -0.05) is 0 Å². The van der Waals surface area contributed by atoms with Gasteiger partial charge < -0.3 is 5.11 Å². The molecule has 1 aliphatic carbocycles. The van der Waals surface area contributed by atoms with Crippen molar-refractivity contribution < 1.29 is 18.3 Å². The topological polar surface area (TPSA) is 20.2 Å². The Bertz CT molecular complexity index is 121. The van der Waals surface area contributed by atoms with Gasteiger partial charge in [-0.2, -0.15) is 13.2 Å². The van der Waals surface area contributed by atoms with Gasteiger partial charge in [-0.15, -0.1) is 0 Å². The number of hydrogen-bond acceptors (Lipinski definition) is 1. The number of aliphatic hydroxyl groups excluding tert-OH is 1. The summed E-state index contributed by atoms with van der Waals surface area (Å²) in [7, 11) is 0. The molecule has 0 aliphatic heterocycles. The molecule has 1 nitrogen and oxygen atoms in total. The summed E-state index contributed by atoms with van der Waals surface area (Å²) in [6.07, 6.45) is -4.55. The highest BCUT2D eigenvalue weighted by Gasteiger charge is 2.43. The van der Waals surface area contributed by atoms with E-state index in [9.17, 15) is 13.2 Å². The summed E-state index contributed by atoms with van der Waals surface area (Å²) in [6, 6.07) is 0. The molecule has 60 valence electrons. The first-order valence-corrected chi connectivity index (χ1v) is 3.25. The van der Waals surface area contributed by atoms with Crippen molar-refractivity contribution in [3.8, 4) is 0 Å². The average Bonchev–Trinajstić information content (AvgIpc) is 2.11. The second-order valence-electron chi connectivity index (χ2n) is 2.71. The third-order valence-corrected chi connectivity index (χ3v) is 1.87. The van der Waals surface area contributed by atoms with Crippen LogP contribution in [-0.2, 0) is 0 Å². The largest absolute Gasteiger partial charge is 0.393 e. The van der Waals surface area contributed by atoms with Crippen LogP contribution in [0.4, 0.5) is 13.2 Å². The Morgan fingerprint density at radius 1 is 1.20 bits per heavy atom. The van der Waals surface area contributed by atoms with Crippen molar-refractivity contribution in [2.45, 2.75) is 31.5 Å². The molecule has 0 spiro atoms. The molecule has 0 aromatic rings. The summed E-state index contributed by atoms with van der Waals surface area (Å²) in [5, 5.41) is 8.76. The van der Waals surface area contributed by atoms with Gasteiger partial charge in [0.15, 0.2) is 0 Å². The lowest BCUT2D eigenvalue weighted by Crippen LogP contribution is -2.20. The van der Waals surface area contributed by atoms with Gasteiger partial charge in [0.2, 0.25) is 0 Å². The molecular formula is C6H9F3O. The Morgan fingerprint density at radius 2 is 1.80 bits per heavy atom. The van der Waals surface area contributed by atoms with Crippen LogP contribution in [0.15, 0.2) is 0 Å². The third-order valence-electron chi connectivity index (χ3n) is 1.87. The maximum Gasteiger partial charge on any atom is 0.391 e. The van der Waals surface area contributed by atoms with Crippen LogP contribution < -0.4 is 0 Å². The summed E-state index contributed by atoms with van der Waals surface area (Å²) in [5.74, 6) is -1.26. The molecule has 10 heavy (non-hydrogen) atoms. The van der Waals surface area contributed by atoms with Crippen molar-refractivity contribution in [2.24, 2.45) is 5.92 Å². The summed E-state index contributed by atoms with van der Waals surface area (Å²) in [4.78, 5) is 0. The minimum absolute atomic E-state index is 0.0880. The Labute approximate surface area is 56.8 Å². The van der Waals surface area contributed by atoms with E-state index < -0.39 is 18.2 Å². The number of aliphatic hydroxyl groups is 1. The second-order valence-corrected chi connectivity index (χ2v) is 2.71. The van der Waals surface area contributed by atoms with E-state index in [4.69, 9.17) is 5.11 Å². The Morgan fingerprint density at radius 3 is 2.00 bits per heavy atom. The molecule has 1 saturated carbocycles. The number of hydrogen-bond donors (Lipinski definition) is 1. The molecule has 0 radical (unpaired) electrons. The SMILES string of the molecule is O[C@@H]1CC[C@@H](C(F)(F)F)C1. The molecule has 1 fully saturated rings. The molecule has 0 saturated heterocycles. The van der Waals surface area contributed by atoms with Crippen LogP contribution in [0.2, 0.25) is 0 Å². The van der Waals surface area contributed by atoms with Crippen LogP contribution in [0.5, 0.6) is 0 Å². The molecular weight excluding hydrogens is 145 g/mol. The lowest BCUT2D eigenvalue weighted by atomic mass is 10.1. The van der Waals surface area contributed by atoms with Gasteiger partial charge in [-0.25, -0.2) is 0 Å². The fraction of sp³-hybridized carbons (Fsp3) is 1.00. The van der Waals surface area contributed by atoms with Gasteiger partial charge in [0.1, 0.15) is 0 Å². The number of halogens is 3. The predicted octanol–water partition coefficient (Wildman–Crippen LogP) is 1.71. The summed E-state index contributed by atoms with van der Waals surface area (Å²) in [6.45, 7) is 0. The lowest BCUT2D eigenvalue weighted by molar-refractivity contribution is -0.174. The van der Waals surface area contributed by atoms with Gasteiger partial charge >= 0.3 is 6.18 Å². The average molecular weight is 154 g/mol. The van der Waals surface area contributed by atoms with Crippen LogP contribution in [-0.4, -0.2) is 17.4 Å². The zero-order valence-corrected chi connectivity index (χ0v) is 5.36. The fourth-order valence-corrected chi connectivity index (χ4v) is 1.25. The van der Waals surface area contributed by atoms with Crippen LogP contribution in [0.3, 0.4) is 0 Å². The van der Waals surface area contributed by atoms with Crippen LogP contribution >= 0.6 is 0 Å². The van der Waals surface area contributed by atoms with Crippen LogP contribution in [0, 0.1) is 5.92 Å². The minimum atomic E-state index is -4.10. The second kappa shape index (κ2) is 2.42. The first kappa shape index (κ1) is 7.85. The van der Waals surface area contributed by atoms with Crippen LogP contribution in [0.1, 0.15) is 19.3 Å². The highest BCUT2D eigenvalue weighted by atomic mass is 19.4. The van der Waals surface area contributed by atoms with E-state index in [1.807, 2.05) is 0 Å². The highest BCUT2D eigenvalue weighted by Crippen LogP contribution is 2.38. The lowest BCUT2D eigenvalue weighted by Gasteiger charge is -2.12. The van der Waals surface area contributed by atoms with Crippen molar-refractivity contribution in [2.75, 3.05) is 0 Å². The van der Waals surface area contributed by atoms with Crippen molar-refractivity contribution in [1.29, 1.82) is 0 Å². The predicted molar refractivity (Wildman–Crippen MR) is 29.4 cm³/mol. The Hall–Kier alpha value is -0.250. The first-order valence-electron chi connectivity index (χ1n) is 3.25. The van der Waals surface area contributed by atoms with Crippen molar-refractivity contribution in [3.63, 3.8) is 0 Å². The van der Waals surface area contributed by atoms with E-state index >= 15 is 0 Å². The molecule has 0 bridgehead atoms. The van der Waals surface area contributed by atoms with Crippen molar-refractivity contribution in [1.82, 2.24) is 0 Å². The van der Waals surface area contributed by atoms with Gasteiger partial charge in [-0.3, -0.25) is 0 Å². The molecule has 0 unspecified atom stereocenters. The fourth-order valence-electron chi connectivity index (χ4n) is 1.25. The van der Waals surface area contributed by atoms with Gasteiger partial charge in [0.05, 0.1) is 12.0 Å². The molecule has 1 N–H and O–H groups in total. The molecule has 0 amide bonds. The number of alkyl halides is 3. The van der Waals surface area contributed by atoms with Gasteiger partial charge in [0, 0.05) is 0 Å². The molecule has 1 rings (SSSR count). The quantitative estimate of drug-likeness (QED) is 0.563.